The number of nitrogens with zero attached hydrogens (tertiary/aromatic N) is 3. The quantitative estimate of drug-likeness (QED) is 0.226. The fourth-order valence-electron chi connectivity index (χ4n) is 4.02. The number of nitrogens with one attached hydrogen (secondary N) is 2. The number of carboxylic acids is 1. The number of anilines is 2. The fraction of sp³-hybridized carbons (Fsp3) is 0.478. The van der Waals surface area contributed by atoms with E-state index in [4.69, 9.17) is 30.7 Å². The Morgan fingerprint density at radius 3 is 2.44 bits per heavy atom. The Balaban J connectivity index is 0.000000532. The van der Waals surface area contributed by atoms with E-state index >= 15 is 0 Å². The van der Waals surface area contributed by atoms with E-state index in [0.29, 0.717) is 53.2 Å². The summed E-state index contributed by atoms with van der Waals surface area (Å²) < 4.78 is 43.0. The third kappa shape index (κ3) is 6.79. The van der Waals surface area contributed by atoms with Gasteiger partial charge in [0.2, 0.25) is 11.8 Å². The summed E-state index contributed by atoms with van der Waals surface area (Å²) in [7, 11) is 1.54. The number of pyridine rings is 1. The molecule has 0 aromatic carbocycles. The molecule has 1 fully saturated rings. The Kier molecular flexibility index (Phi) is 9.43. The number of aryl methyl sites for hydroxylation is 1. The van der Waals surface area contributed by atoms with Crippen molar-refractivity contribution in [1.29, 1.82) is 0 Å². The summed E-state index contributed by atoms with van der Waals surface area (Å²) in [5.41, 5.74) is 1.65. The molecule has 3 heterocycles. The lowest BCUT2D eigenvalue weighted by Gasteiger charge is -2.20. The molecule has 6 N–H and O–H groups in total. The van der Waals surface area contributed by atoms with Gasteiger partial charge >= 0.3 is 12.1 Å². The molecule has 1 aliphatic rings. The van der Waals surface area contributed by atoms with Crippen LogP contribution in [-0.4, -0.2) is 86.0 Å². The number of aliphatic hydroxyl groups is 3. The highest BCUT2D eigenvalue weighted by Gasteiger charge is 2.42. The minimum atomic E-state index is -5.08. The predicted molar refractivity (Wildman–Crippen MR) is 134 cm³/mol. The highest BCUT2D eigenvalue weighted by molar-refractivity contribution is 6.32. The van der Waals surface area contributed by atoms with E-state index in [2.05, 4.69) is 25.6 Å². The number of alkyl halides is 3. The van der Waals surface area contributed by atoms with Gasteiger partial charge in [0, 0.05) is 30.5 Å². The zero-order valence-corrected chi connectivity index (χ0v) is 21.7. The van der Waals surface area contributed by atoms with E-state index in [0.717, 1.165) is 5.39 Å². The topological polar surface area (TPSA) is 183 Å². The van der Waals surface area contributed by atoms with E-state index in [9.17, 15) is 28.5 Å². The van der Waals surface area contributed by atoms with Crippen molar-refractivity contribution in [2.24, 2.45) is 5.92 Å². The number of fused-ring (bicyclic) bond motifs is 1. The number of hydrogen-bond donors (Lipinski definition) is 6. The van der Waals surface area contributed by atoms with Gasteiger partial charge in [0.15, 0.2) is 5.58 Å². The van der Waals surface area contributed by atoms with Crippen LogP contribution in [0.2, 0.25) is 5.15 Å². The summed E-state index contributed by atoms with van der Waals surface area (Å²) in [6.07, 6.45) is -6.85. The first kappa shape index (κ1) is 30.1. The van der Waals surface area contributed by atoms with E-state index in [1.807, 2.05) is 13.8 Å². The summed E-state index contributed by atoms with van der Waals surface area (Å²) in [6.45, 7) is 4.08. The van der Waals surface area contributed by atoms with E-state index in [1.54, 1.807) is 19.2 Å². The molecule has 1 saturated carbocycles. The normalized spacial score (nSPS) is 20.9. The molecule has 39 heavy (non-hydrogen) atoms. The van der Waals surface area contributed by atoms with E-state index in [-0.39, 0.29) is 11.8 Å². The maximum Gasteiger partial charge on any atom is 0.490 e. The number of aliphatic carboxylic acids is 1. The van der Waals surface area contributed by atoms with Crippen LogP contribution in [0.5, 0.6) is 5.88 Å². The second-order valence-corrected chi connectivity index (χ2v) is 8.94. The maximum absolute atomic E-state index is 10.6. The minimum Gasteiger partial charge on any atom is -0.481 e. The van der Waals surface area contributed by atoms with E-state index < -0.39 is 36.3 Å². The van der Waals surface area contributed by atoms with Crippen LogP contribution in [0, 0.1) is 12.8 Å². The van der Waals surface area contributed by atoms with Gasteiger partial charge in [-0.3, -0.25) is 0 Å². The first-order valence-electron chi connectivity index (χ1n) is 11.6. The molecule has 0 radical (unpaired) electrons. The van der Waals surface area contributed by atoms with Crippen molar-refractivity contribution in [3.8, 4) is 17.2 Å². The Hall–Kier alpha value is -3.40. The Morgan fingerprint density at radius 2 is 1.90 bits per heavy atom. The van der Waals surface area contributed by atoms with Gasteiger partial charge in [-0.1, -0.05) is 11.6 Å². The Bertz CT molecular complexity index is 1320. The molecular formula is C23H27ClF3N5O7. The summed E-state index contributed by atoms with van der Waals surface area (Å²) in [6, 6.07) is 3.01. The van der Waals surface area contributed by atoms with Gasteiger partial charge in [0.05, 0.1) is 30.5 Å². The summed E-state index contributed by atoms with van der Waals surface area (Å²) in [4.78, 5) is 22.1. The number of aromatic nitrogens is 3. The van der Waals surface area contributed by atoms with Gasteiger partial charge in [-0.05, 0) is 26.3 Å². The zero-order valence-electron chi connectivity index (χ0n) is 21.0. The highest BCUT2D eigenvalue weighted by Crippen LogP contribution is 2.39. The smallest absolute Gasteiger partial charge is 0.481 e. The third-order valence-corrected chi connectivity index (χ3v) is 6.18. The van der Waals surface area contributed by atoms with Gasteiger partial charge in [-0.2, -0.15) is 18.2 Å². The Morgan fingerprint density at radius 1 is 1.23 bits per heavy atom. The molecule has 0 aliphatic heterocycles. The van der Waals surface area contributed by atoms with Crippen LogP contribution in [0.25, 0.3) is 22.3 Å². The van der Waals surface area contributed by atoms with Gasteiger partial charge in [-0.25, -0.2) is 14.8 Å². The van der Waals surface area contributed by atoms with Crippen LogP contribution in [0.15, 0.2) is 16.5 Å². The van der Waals surface area contributed by atoms with Crippen molar-refractivity contribution in [3.63, 3.8) is 0 Å². The fourth-order valence-corrected chi connectivity index (χ4v) is 4.28. The lowest BCUT2D eigenvalue weighted by atomic mass is 10.1. The molecule has 1 aliphatic carbocycles. The van der Waals surface area contributed by atoms with Gasteiger partial charge in [0.1, 0.15) is 22.8 Å². The van der Waals surface area contributed by atoms with Gasteiger partial charge in [-0.15, -0.1) is 0 Å². The first-order chi connectivity index (χ1) is 18.3. The van der Waals surface area contributed by atoms with Crippen LogP contribution in [0.3, 0.4) is 0 Å². The van der Waals surface area contributed by atoms with Crippen molar-refractivity contribution in [1.82, 2.24) is 15.0 Å². The maximum atomic E-state index is 10.6. The lowest BCUT2D eigenvalue weighted by Crippen LogP contribution is -2.35. The molecule has 4 atom stereocenters. The number of carbonyl (C=O) groups is 1. The average Bonchev–Trinajstić information content (AvgIpc) is 3.40. The van der Waals surface area contributed by atoms with Crippen LogP contribution in [0.4, 0.5) is 24.9 Å². The van der Waals surface area contributed by atoms with Gasteiger partial charge in [0.25, 0.3) is 0 Å². The summed E-state index contributed by atoms with van der Waals surface area (Å²) in [5, 5.41) is 44.4. The molecule has 16 heteroatoms. The molecule has 12 nitrogen and oxygen atoms in total. The second kappa shape index (κ2) is 12.2. The summed E-state index contributed by atoms with van der Waals surface area (Å²) >= 11 is 6.55. The number of halogens is 4. The molecule has 0 bridgehead atoms. The predicted octanol–water partition coefficient (Wildman–Crippen LogP) is 2.83. The standard InChI is InChI=1S/C21H26ClN5O5.C2HF3O2/c1-4-23-21-26-19(22)15(13-6-10-7-14(31-3)24-9(2)18(10)32-13)20(27-21)25-12-5-11(8-28)16(29)17(12)30;3-2(4,5)1(6)7/h6-7,11-12,16-17,28-30H,4-5,8H2,1-3H3,(H2,23,25,26,27);(H,6,7)/t11-,12-,16-,17+;/m1./s1. The SMILES string of the molecule is CCNc1nc(Cl)c(-c2cc3cc(OC)nc(C)c3o2)c(N[C@@H]2C[C@H](CO)[C@@H](O)[C@H]2O)n1.O=C(O)C(F)(F)F. The van der Waals surface area contributed by atoms with Crippen molar-refractivity contribution in [2.75, 3.05) is 30.9 Å². The third-order valence-electron chi connectivity index (χ3n) is 5.90. The van der Waals surface area contributed by atoms with Crippen LogP contribution in [-0.2, 0) is 4.79 Å². The molecule has 3 aromatic rings. The lowest BCUT2D eigenvalue weighted by molar-refractivity contribution is -0.192. The molecule has 0 saturated heterocycles. The number of carboxylic acid groups (broad SMARTS) is 1. The average molecular weight is 578 g/mol. The molecule has 3 aromatic heterocycles. The number of aliphatic hydroxyl groups excluding tert-OH is 3. The molecule has 4 rings (SSSR count). The highest BCUT2D eigenvalue weighted by atomic mass is 35.5. The van der Waals surface area contributed by atoms with Crippen molar-refractivity contribution in [2.45, 2.75) is 44.7 Å². The van der Waals surface area contributed by atoms with Crippen molar-refractivity contribution in [3.05, 3.63) is 23.0 Å². The summed E-state index contributed by atoms with van der Waals surface area (Å²) in [5.74, 6) is -1.67. The second-order valence-electron chi connectivity index (χ2n) is 8.58. The number of rotatable bonds is 7. The van der Waals surface area contributed by atoms with E-state index in [1.165, 1.54) is 0 Å². The largest absolute Gasteiger partial charge is 0.490 e. The van der Waals surface area contributed by atoms with Crippen molar-refractivity contribution >= 4 is 40.3 Å². The molecule has 214 valence electrons. The monoisotopic (exact) mass is 577 g/mol. The number of hydrogen-bond acceptors (Lipinski definition) is 11. The van der Waals surface area contributed by atoms with Gasteiger partial charge < -0.3 is 40.2 Å². The van der Waals surface area contributed by atoms with Crippen LogP contribution >= 0.6 is 11.6 Å². The number of methoxy groups -OCH3 is 1. The number of ether oxygens (including phenoxy) is 1. The molecular weight excluding hydrogens is 551 g/mol. The number of furan rings is 1. The van der Waals surface area contributed by atoms with Crippen molar-refractivity contribution < 1.29 is 47.5 Å². The molecule has 0 amide bonds. The van der Waals surface area contributed by atoms with Crippen LogP contribution < -0.4 is 15.4 Å². The molecule has 0 unspecified atom stereocenters. The van der Waals surface area contributed by atoms with Crippen LogP contribution in [0.1, 0.15) is 19.0 Å². The minimum absolute atomic E-state index is 0.154. The first-order valence-corrected chi connectivity index (χ1v) is 12.0. The zero-order chi connectivity index (χ0) is 29.1. The Labute approximate surface area is 224 Å². The molecule has 0 spiro atoms.